The summed E-state index contributed by atoms with van der Waals surface area (Å²) in [7, 11) is 1.01. The predicted octanol–water partition coefficient (Wildman–Crippen LogP) is 4.27. The average molecular weight is 518 g/mol. The summed E-state index contributed by atoms with van der Waals surface area (Å²) in [6, 6.07) is 21.1. The van der Waals surface area contributed by atoms with Crippen molar-refractivity contribution in [1.82, 2.24) is 30.1 Å². The van der Waals surface area contributed by atoms with Crippen molar-refractivity contribution >= 4 is 29.2 Å². The fourth-order valence-corrected chi connectivity index (χ4v) is 4.34. The van der Waals surface area contributed by atoms with Crippen LogP contribution in [0.2, 0.25) is 6.82 Å². The zero-order chi connectivity index (χ0) is 26.7. The Labute approximate surface area is 218 Å². The molecule has 0 saturated heterocycles. The second kappa shape index (κ2) is 10.8. The smallest absolute Gasteiger partial charge is 0.453 e. The van der Waals surface area contributed by atoms with Crippen molar-refractivity contribution in [1.29, 1.82) is 0 Å². The standard InChI is InChI=1S/C27H26BF3N6O/c1-17(32-14-13-18-7-5-8-19(15-18)28-2)23-12-6-9-20(33-23)16-38-25-22-11-4-3-10-21(22)24-34-35-26(27(29,30)31)37(24)36-25/h3-12,15,17,28,32H,13-14,16H2,1-2H3. The lowest BCUT2D eigenvalue weighted by Gasteiger charge is -2.15. The van der Waals surface area contributed by atoms with Crippen molar-refractivity contribution in [3.05, 3.63) is 89.5 Å². The predicted molar refractivity (Wildman–Crippen MR) is 141 cm³/mol. The van der Waals surface area contributed by atoms with Crippen LogP contribution in [0.5, 0.6) is 5.88 Å². The van der Waals surface area contributed by atoms with Gasteiger partial charge < -0.3 is 10.1 Å². The molecule has 0 fully saturated rings. The summed E-state index contributed by atoms with van der Waals surface area (Å²) in [6.07, 6.45) is -3.80. The molecule has 194 valence electrons. The molecule has 0 aliphatic carbocycles. The molecule has 38 heavy (non-hydrogen) atoms. The van der Waals surface area contributed by atoms with Crippen molar-refractivity contribution in [3.8, 4) is 5.88 Å². The molecular formula is C27H26BF3N6O. The van der Waals surface area contributed by atoms with Gasteiger partial charge in [0.05, 0.1) is 11.4 Å². The molecule has 5 aromatic rings. The van der Waals surface area contributed by atoms with Crippen LogP contribution in [0.15, 0.2) is 66.7 Å². The summed E-state index contributed by atoms with van der Waals surface area (Å²) >= 11 is 0. The summed E-state index contributed by atoms with van der Waals surface area (Å²) in [5, 5.41) is 15.6. The molecule has 0 aliphatic rings. The Balaban J connectivity index is 1.30. The van der Waals surface area contributed by atoms with E-state index in [4.69, 9.17) is 9.72 Å². The number of rotatable bonds is 9. The van der Waals surface area contributed by atoms with Gasteiger partial charge in [0, 0.05) is 16.8 Å². The molecule has 1 unspecified atom stereocenters. The van der Waals surface area contributed by atoms with E-state index in [1.54, 1.807) is 24.3 Å². The summed E-state index contributed by atoms with van der Waals surface area (Å²) in [6.45, 7) is 5.03. The van der Waals surface area contributed by atoms with Gasteiger partial charge in [-0.3, -0.25) is 4.98 Å². The fourth-order valence-electron chi connectivity index (χ4n) is 4.34. The van der Waals surface area contributed by atoms with E-state index < -0.39 is 12.0 Å². The lowest BCUT2D eigenvalue weighted by Crippen LogP contribution is -2.23. The highest BCUT2D eigenvalue weighted by Gasteiger charge is 2.38. The second-order valence-corrected chi connectivity index (χ2v) is 9.05. The van der Waals surface area contributed by atoms with Gasteiger partial charge in [-0.05, 0) is 43.7 Å². The van der Waals surface area contributed by atoms with Crippen LogP contribution in [0.3, 0.4) is 0 Å². The number of alkyl halides is 3. The maximum atomic E-state index is 13.5. The number of benzene rings is 2. The van der Waals surface area contributed by atoms with Crippen LogP contribution in [0.4, 0.5) is 13.2 Å². The number of aromatic nitrogens is 5. The first-order valence-corrected chi connectivity index (χ1v) is 12.4. The van der Waals surface area contributed by atoms with Crippen LogP contribution in [0.25, 0.3) is 16.4 Å². The molecule has 1 N–H and O–H groups in total. The zero-order valence-electron chi connectivity index (χ0n) is 21.0. The van der Waals surface area contributed by atoms with Crippen LogP contribution < -0.4 is 15.5 Å². The molecule has 2 aromatic carbocycles. The summed E-state index contributed by atoms with van der Waals surface area (Å²) < 4.78 is 47.0. The average Bonchev–Trinajstić information content (AvgIpc) is 3.37. The number of nitrogens with zero attached hydrogens (tertiary/aromatic N) is 5. The van der Waals surface area contributed by atoms with Gasteiger partial charge in [-0.2, -0.15) is 17.7 Å². The minimum Gasteiger partial charge on any atom is -0.470 e. The summed E-state index contributed by atoms with van der Waals surface area (Å²) in [5.41, 5.74) is 4.11. The third-order valence-electron chi connectivity index (χ3n) is 6.38. The highest BCUT2D eigenvalue weighted by atomic mass is 19.4. The van der Waals surface area contributed by atoms with Gasteiger partial charge in [-0.25, -0.2) is 0 Å². The molecule has 0 aliphatic heterocycles. The second-order valence-electron chi connectivity index (χ2n) is 9.05. The quantitative estimate of drug-likeness (QED) is 0.294. The van der Waals surface area contributed by atoms with Gasteiger partial charge >= 0.3 is 6.18 Å². The molecule has 3 heterocycles. The molecule has 0 radical (unpaired) electrons. The Morgan fingerprint density at radius 2 is 1.79 bits per heavy atom. The Kier molecular flexibility index (Phi) is 7.28. The van der Waals surface area contributed by atoms with E-state index in [9.17, 15) is 13.2 Å². The van der Waals surface area contributed by atoms with E-state index in [0.29, 0.717) is 21.0 Å². The van der Waals surface area contributed by atoms with Gasteiger partial charge in [0.25, 0.3) is 5.82 Å². The van der Waals surface area contributed by atoms with E-state index in [2.05, 4.69) is 51.7 Å². The maximum Gasteiger partial charge on any atom is 0.453 e. The van der Waals surface area contributed by atoms with Crippen molar-refractivity contribution in [2.75, 3.05) is 6.54 Å². The van der Waals surface area contributed by atoms with E-state index in [-0.39, 0.29) is 24.2 Å². The summed E-state index contributed by atoms with van der Waals surface area (Å²) in [5.74, 6) is -1.16. The van der Waals surface area contributed by atoms with E-state index in [1.165, 1.54) is 11.0 Å². The van der Waals surface area contributed by atoms with Crippen LogP contribution in [-0.2, 0) is 19.2 Å². The van der Waals surface area contributed by atoms with Gasteiger partial charge in [0.15, 0.2) is 12.9 Å². The number of pyridine rings is 1. The van der Waals surface area contributed by atoms with E-state index in [0.717, 1.165) is 25.9 Å². The molecule has 1 atom stereocenters. The molecule has 0 amide bonds. The molecule has 0 spiro atoms. The molecular weight excluding hydrogens is 492 g/mol. The molecule has 11 heteroatoms. The van der Waals surface area contributed by atoms with Crippen molar-refractivity contribution < 1.29 is 17.9 Å². The Morgan fingerprint density at radius 1 is 1.00 bits per heavy atom. The Hall–Kier alpha value is -3.99. The van der Waals surface area contributed by atoms with Crippen LogP contribution in [0, 0.1) is 0 Å². The van der Waals surface area contributed by atoms with E-state index in [1.807, 2.05) is 25.1 Å². The zero-order valence-corrected chi connectivity index (χ0v) is 21.0. The number of fused-ring (bicyclic) bond motifs is 3. The molecule has 5 rings (SSSR count). The molecule has 3 aromatic heterocycles. The monoisotopic (exact) mass is 518 g/mol. The lowest BCUT2D eigenvalue weighted by atomic mass is 9.73. The molecule has 0 bridgehead atoms. The van der Waals surface area contributed by atoms with Gasteiger partial charge in [-0.1, -0.05) is 60.8 Å². The highest BCUT2D eigenvalue weighted by molar-refractivity contribution is 6.51. The van der Waals surface area contributed by atoms with Gasteiger partial charge in [0.1, 0.15) is 6.61 Å². The lowest BCUT2D eigenvalue weighted by molar-refractivity contribution is -0.146. The number of halogens is 3. The number of nitrogens with one attached hydrogen (secondary N) is 1. The Bertz CT molecular complexity index is 1570. The van der Waals surface area contributed by atoms with Crippen molar-refractivity contribution in [3.63, 3.8) is 0 Å². The molecule has 7 nitrogen and oxygen atoms in total. The van der Waals surface area contributed by atoms with Gasteiger partial charge in [-0.15, -0.1) is 15.3 Å². The minimum atomic E-state index is -4.70. The normalized spacial score (nSPS) is 12.7. The van der Waals surface area contributed by atoms with E-state index >= 15 is 0 Å². The third kappa shape index (κ3) is 5.47. The first kappa shape index (κ1) is 25.7. The number of hydrogen-bond donors (Lipinski definition) is 1. The SMILES string of the molecule is CBc1cccc(CCNC(C)c2cccc(COc3nn4c(C(F)(F)F)nnc4c4ccccc34)n2)c1. The van der Waals surface area contributed by atoms with Crippen LogP contribution >= 0.6 is 0 Å². The number of hydrogen-bond acceptors (Lipinski definition) is 6. The van der Waals surface area contributed by atoms with Gasteiger partial charge in [0.2, 0.25) is 5.88 Å². The third-order valence-corrected chi connectivity index (χ3v) is 6.38. The van der Waals surface area contributed by atoms with Crippen molar-refractivity contribution in [2.45, 2.75) is 39.0 Å². The Morgan fingerprint density at radius 3 is 2.58 bits per heavy atom. The maximum absolute atomic E-state index is 13.5. The number of ether oxygens (including phenoxy) is 1. The van der Waals surface area contributed by atoms with Crippen LogP contribution in [0.1, 0.15) is 35.7 Å². The highest BCUT2D eigenvalue weighted by Crippen LogP contribution is 2.32. The first-order chi connectivity index (χ1) is 18.3. The topological polar surface area (TPSA) is 77.2 Å². The summed E-state index contributed by atoms with van der Waals surface area (Å²) in [4.78, 5) is 4.70. The largest absolute Gasteiger partial charge is 0.470 e. The fraction of sp³-hybridized carbons (Fsp3) is 0.259. The first-order valence-electron chi connectivity index (χ1n) is 12.4. The minimum absolute atomic E-state index is 0.00554. The van der Waals surface area contributed by atoms with Crippen molar-refractivity contribution in [2.24, 2.45) is 0 Å². The van der Waals surface area contributed by atoms with Crippen LogP contribution in [-0.4, -0.2) is 38.6 Å². The molecule has 0 saturated carbocycles.